The predicted molar refractivity (Wildman–Crippen MR) is 55.1 cm³/mol. The molecule has 1 aromatic heterocycles. The van der Waals surface area contributed by atoms with E-state index in [0.29, 0.717) is 0 Å². The van der Waals surface area contributed by atoms with Gasteiger partial charge in [0.25, 0.3) is 0 Å². The Hall–Kier alpha value is -0.860. The first-order valence-electron chi connectivity index (χ1n) is 5.03. The average molecular weight is 197 g/mol. The van der Waals surface area contributed by atoms with Crippen molar-refractivity contribution < 1.29 is 9.26 Å². The molecule has 14 heavy (non-hydrogen) atoms. The van der Waals surface area contributed by atoms with Gasteiger partial charge in [0.05, 0.1) is 5.41 Å². The molecule has 3 nitrogen and oxygen atoms in total. The number of aromatic nitrogens is 2. The first-order chi connectivity index (χ1) is 6.12. The summed E-state index contributed by atoms with van der Waals surface area (Å²) in [7, 11) is 0. The van der Waals surface area contributed by atoms with Crippen LogP contribution in [-0.4, -0.2) is 4.98 Å². The fourth-order valence-electron chi connectivity index (χ4n) is 1.32. The van der Waals surface area contributed by atoms with Crippen LogP contribution in [0.3, 0.4) is 0 Å². The molecule has 0 radical (unpaired) electrons. The highest BCUT2D eigenvalue weighted by Gasteiger charge is 2.38. The molecule has 0 N–H and O–H groups in total. The van der Waals surface area contributed by atoms with Crippen molar-refractivity contribution in [1.29, 1.82) is 0 Å². The predicted octanol–water partition coefficient (Wildman–Crippen LogP) is 2.32. The molecule has 0 bridgehead atoms. The second-order valence-electron chi connectivity index (χ2n) is 5.76. The summed E-state index contributed by atoms with van der Waals surface area (Å²) in [6, 6.07) is 0. The largest absolute Gasteiger partial charge is 0.350 e. The van der Waals surface area contributed by atoms with E-state index < -0.39 is 0 Å². The van der Waals surface area contributed by atoms with E-state index >= 15 is 0 Å². The van der Waals surface area contributed by atoms with Crippen LogP contribution in [0.2, 0.25) is 0 Å². The molecule has 0 saturated heterocycles. The van der Waals surface area contributed by atoms with Crippen molar-refractivity contribution in [2.45, 2.75) is 59.4 Å². The molecule has 1 heterocycles. The highest BCUT2D eigenvalue weighted by atomic mass is 16.5. The van der Waals surface area contributed by atoms with Crippen LogP contribution in [0.25, 0.3) is 0 Å². The third kappa shape index (κ3) is 2.14. The third-order valence-corrected chi connectivity index (χ3v) is 1.96. The van der Waals surface area contributed by atoms with Gasteiger partial charge in [-0.3, -0.25) is 4.52 Å². The summed E-state index contributed by atoms with van der Waals surface area (Å²) < 4.78 is 7.52. The second kappa shape index (κ2) is 3.07. The lowest BCUT2D eigenvalue weighted by molar-refractivity contribution is -0.914. The van der Waals surface area contributed by atoms with Crippen molar-refractivity contribution in [1.82, 2.24) is 4.98 Å². The summed E-state index contributed by atoms with van der Waals surface area (Å²) in [4.78, 5) is 4.44. The Labute approximate surface area is 86.1 Å². The van der Waals surface area contributed by atoms with E-state index in [1.807, 2.05) is 11.7 Å². The quantitative estimate of drug-likeness (QED) is 0.597. The van der Waals surface area contributed by atoms with E-state index in [1.54, 1.807) is 0 Å². The molecule has 0 aromatic carbocycles. The summed E-state index contributed by atoms with van der Waals surface area (Å²) in [5, 5.41) is 0. The second-order valence-corrected chi connectivity index (χ2v) is 5.76. The average Bonchev–Trinajstić information content (AvgIpc) is 2.27. The first kappa shape index (κ1) is 11.2. The van der Waals surface area contributed by atoms with Crippen molar-refractivity contribution in [2.75, 3.05) is 0 Å². The lowest BCUT2D eigenvalue weighted by Crippen LogP contribution is -2.54. The molecule has 3 heteroatoms. The molecule has 0 fully saturated rings. The molecule has 0 aliphatic rings. The molecule has 0 aliphatic carbocycles. The van der Waals surface area contributed by atoms with Gasteiger partial charge in [-0.05, 0) is 46.5 Å². The maximum Gasteiger partial charge on any atom is 0.350 e. The number of nitrogens with zero attached hydrogens (tertiary/aromatic N) is 2. The van der Waals surface area contributed by atoms with Gasteiger partial charge in [-0.2, -0.15) is 0 Å². The van der Waals surface area contributed by atoms with E-state index in [0.717, 1.165) is 11.7 Å². The minimum atomic E-state index is -0.0517. The van der Waals surface area contributed by atoms with Gasteiger partial charge in [0.2, 0.25) is 0 Å². The lowest BCUT2D eigenvalue weighted by atomic mass is 9.94. The van der Waals surface area contributed by atoms with E-state index in [2.05, 4.69) is 46.5 Å². The summed E-state index contributed by atoms with van der Waals surface area (Å²) in [6.45, 7) is 14.7. The van der Waals surface area contributed by atoms with Gasteiger partial charge in [0, 0.05) is 6.92 Å². The summed E-state index contributed by atoms with van der Waals surface area (Å²) in [5.74, 6) is 1.73. The third-order valence-electron chi connectivity index (χ3n) is 1.96. The van der Waals surface area contributed by atoms with Gasteiger partial charge in [-0.25, -0.2) is 0 Å². The van der Waals surface area contributed by atoms with Crippen LogP contribution in [0.4, 0.5) is 0 Å². The molecule has 0 spiro atoms. The smallest absolute Gasteiger partial charge is 0.258 e. The van der Waals surface area contributed by atoms with Crippen LogP contribution >= 0.6 is 0 Å². The maximum absolute atomic E-state index is 5.61. The van der Waals surface area contributed by atoms with E-state index in [4.69, 9.17) is 4.52 Å². The topological polar surface area (TPSA) is 29.9 Å². The standard InChI is InChI=1S/C11H21N2O/c1-8-12-9(10(2,3)4)13(14-8)11(5,6)7/h1-7H3/q+1. The minimum absolute atomic E-state index is 0.0189. The van der Waals surface area contributed by atoms with E-state index in [9.17, 15) is 0 Å². The van der Waals surface area contributed by atoms with Crippen LogP contribution in [-0.2, 0) is 11.0 Å². The van der Waals surface area contributed by atoms with Gasteiger partial charge in [0.15, 0.2) is 0 Å². The van der Waals surface area contributed by atoms with Crippen molar-refractivity contribution >= 4 is 0 Å². The van der Waals surface area contributed by atoms with Gasteiger partial charge >= 0.3 is 11.7 Å². The molecule has 80 valence electrons. The van der Waals surface area contributed by atoms with Crippen molar-refractivity contribution in [2.24, 2.45) is 0 Å². The molecule has 0 atom stereocenters. The SMILES string of the molecule is Cc1nc(C(C)(C)C)[n+](C(C)(C)C)o1. The van der Waals surface area contributed by atoms with Crippen LogP contribution in [0.15, 0.2) is 4.52 Å². The fourth-order valence-corrected chi connectivity index (χ4v) is 1.32. The van der Waals surface area contributed by atoms with E-state index in [1.165, 1.54) is 0 Å². The maximum atomic E-state index is 5.61. The molecular formula is C11H21N2O+. The number of hydrogen-bond donors (Lipinski definition) is 0. The zero-order valence-electron chi connectivity index (χ0n) is 10.3. The van der Waals surface area contributed by atoms with Crippen molar-refractivity contribution in [3.63, 3.8) is 0 Å². The van der Waals surface area contributed by atoms with Crippen LogP contribution < -0.4 is 4.74 Å². The van der Waals surface area contributed by atoms with Crippen LogP contribution in [0, 0.1) is 6.92 Å². The van der Waals surface area contributed by atoms with Gasteiger partial charge < -0.3 is 0 Å². The number of hydrogen-bond acceptors (Lipinski definition) is 2. The first-order valence-corrected chi connectivity index (χ1v) is 5.03. The van der Waals surface area contributed by atoms with Crippen molar-refractivity contribution in [3.8, 4) is 0 Å². The van der Waals surface area contributed by atoms with Gasteiger partial charge in [-0.1, -0.05) is 4.74 Å². The normalized spacial score (nSPS) is 13.4. The molecular weight excluding hydrogens is 176 g/mol. The molecule has 0 saturated carbocycles. The van der Waals surface area contributed by atoms with Crippen LogP contribution in [0.1, 0.15) is 53.3 Å². The van der Waals surface area contributed by atoms with Crippen LogP contribution in [0.5, 0.6) is 0 Å². The summed E-state index contributed by atoms with van der Waals surface area (Å²) in [5.41, 5.74) is -0.0328. The molecule has 0 amide bonds. The Morgan fingerprint density at radius 2 is 1.57 bits per heavy atom. The Bertz CT molecular complexity index is 295. The fraction of sp³-hybridized carbons (Fsp3) is 0.818. The molecule has 0 unspecified atom stereocenters. The molecule has 1 aromatic rings. The van der Waals surface area contributed by atoms with Crippen molar-refractivity contribution in [3.05, 3.63) is 11.7 Å². The number of rotatable bonds is 0. The highest BCUT2D eigenvalue weighted by Crippen LogP contribution is 2.20. The lowest BCUT2D eigenvalue weighted by Gasteiger charge is -2.17. The monoisotopic (exact) mass is 197 g/mol. The number of aryl methyl sites for hydroxylation is 1. The molecule has 0 aliphatic heterocycles. The summed E-state index contributed by atoms with van der Waals surface area (Å²) in [6.07, 6.45) is 0. The Balaban J connectivity index is 3.31. The zero-order valence-corrected chi connectivity index (χ0v) is 10.3. The Morgan fingerprint density at radius 3 is 1.86 bits per heavy atom. The highest BCUT2D eigenvalue weighted by molar-refractivity contribution is 4.94. The summed E-state index contributed by atoms with van der Waals surface area (Å²) >= 11 is 0. The Kier molecular flexibility index (Phi) is 2.46. The van der Waals surface area contributed by atoms with E-state index in [-0.39, 0.29) is 11.0 Å². The Morgan fingerprint density at radius 1 is 1.07 bits per heavy atom. The minimum Gasteiger partial charge on any atom is -0.258 e. The molecule has 1 rings (SSSR count). The van der Waals surface area contributed by atoms with Gasteiger partial charge in [-0.15, -0.1) is 0 Å². The zero-order chi connectivity index (χ0) is 11.1. The van der Waals surface area contributed by atoms with Gasteiger partial charge in [0.1, 0.15) is 5.54 Å².